The van der Waals surface area contributed by atoms with Gasteiger partial charge in [-0.2, -0.15) is 4.98 Å². The molecule has 3 aromatic rings. The highest BCUT2D eigenvalue weighted by Crippen LogP contribution is 2.31. The first-order valence-electron chi connectivity index (χ1n) is 9.95. The highest BCUT2D eigenvalue weighted by Gasteiger charge is 2.28. The van der Waals surface area contributed by atoms with Crippen LogP contribution in [0.25, 0.3) is 0 Å². The maximum atomic E-state index is 5.74. The number of aromatic nitrogens is 3. The van der Waals surface area contributed by atoms with E-state index in [1.807, 2.05) is 30.6 Å². The number of hydrogen-bond donors (Lipinski definition) is 0. The molecule has 0 spiro atoms. The minimum atomic E-state index is 0.188. The van der Waals surface area contributed by atoms with E-state index in [1.54, 1.807) is 0 Å². The lowest BCUT2D eigenvalue weighted by Gasteiger charge is -2.33. The number of pyridine rings is 1. The minimum absolute atomic E-state index is 0.188. The summed E-state index contributed by atoms with van der Waals surface area (Å²) in [6, 6.07) is 14.5. The Bertz CT molecular complexity index is 838. The van der Waals surface area contributed by atoms with Crippen molar-refractivity contribution in [3.8, 4) is 0 Å². The lowest BCUT2D eigenvalue weighted by Crippen LogP contribution is -2.33. The molecule has 4 rings (SSSR count). The van der Waals surface area contributed by atoms with Crippen LogP contribution in [0.15, 0.2) is 59.4 Å². The molecule has 0 N–H and O–H groups in total. The van der Waals surface area contributed by atoms with Crippen LogP contribution in [0.5, 0.6) is 0 Å². The van der Waals surface area contributed by atoms with E-state index in [9.17, 15) is 0 Å². The highest BCUT2D eigenvalue weighted by molar-refractivity contribution is 5.13. The molecule has 1 unspecified atom stereocenters. The Morgan fingerprint density at radius 2 is 1.89 bits per heavy atom. The van der Waals surface area contributed by atoms with Gasteiger partial charge in [0.2, 0.25) is 5.89 Å². The molecule has 146 valence electrons. The summed E-state index contributed by atoms with van der Waals surface area (Å²) in [7, 11) is 0. The molecule has 0 aliphatic carbocycles. The number of hydrogen-bond acceptors (Lipinski definition) is 6. The second-order valence-electron chi connectivity index (χ2n) is 7.17. The summed E-state index contributed by atoms with van der Waals surface area (Å²) in [4.78, 5) is 11.2. The van der Waals surface area contributed by atoms with E-state index in [4.69, 9.17) is 9.26 Å². The first-order chi connectivity index (χ1) is 13.9. The fourth-order valence-corrected chi connectivity index (χ4v) is 3.61. The Labute approximate surface area is 165 Å². The number of likely N-dealkylation sites (tertiary alicyclic amines) is 1. The van der Waals surface area contributed by atoms with E-state index in [0.29, 0.717) is 19.6 Å². The molecular formula is C22H26N4O2. The number of ether oxygens (including phenoxy) is 1. The van der Waals surface area contributed by atoms with Crippen molar-refractivity contribution >= 4 is 0 Å². The zero-order valence-corrected chi connectivity index (χ0v) is 16.0. The van der Waals surface area contributed by atoms with Crippen molar-refractivity contribution in [3.63, 3.8) is 0 Å². The van der Waals surface area contributed by atoms with Gasteiger partial charge in [-0.25, -0.2) is 0 Å². The lowest BCUT2D eigenvalue weighted by molar-refractivity contribution is 0.111. The van der Waals surface area contributed by atoms with Gasteiger partial charge in [0.15, 0.2) is 5.82 Å². The predicted molar refractivity (Wildman–Crippen MR) is 105 cm³/mol. The smallest absolute Gasteiger partial charge is 0.244 e. The first-order valence-corrected chi connectivity index (χ1v) is 9.95. The van der Waals surface area contributed by atoms with Gasteiger partial charge in [-0.15, -0.1) is 0 Å². The van der Waals surface area contributed by atoms with Crippen LogP contribution < -0.4 is 0 Å². The van der Waals surface area contributed by atoms with E-state index in [-0.39, 0.29) is 6.04 Å². The van der Waals surface area contributed by atoms with Crippen LogP contribution in [0, 0.1) is 0 Å². The van der Waals surface area contributed by atoms with Crippen molar-refractivity contribution in [2.24, 2.45) is 0 Å². The van der Waals surface area contributed by atoms with Crippen LogP contribution in [-0.4, -0.2) is 33.2 Å². The maximum Gasteiger partial charge on any atom is 0.244 e. The third-order valence-corrected chi connectivity index (χ3v) is 5.10. The van der Waals surface area contributed by atoms with Crippen LogP contribution in [0.4, 0.5) is 0 Å². The fraction of sp³-hybridized carbons (Fsp3) is 0.409. The molecule has 6 nitrogen and oxygen atoms in total. The van der Waals surface area contributed by atoms with Crippen molar-refractivity contribution in [1.29, 1.82) is 0 Å². The van der Waals surface area contributed by atoms with Crippen LogP contribution in [0.1, 0.15) is 48.1 Å². The van der Waals surface area contributed by atoms with Crippen LogP contribution in [0.3, 0.4) is 0 Å². The second kappa shape index (κ2) is 9.57. The van der Waals surface area contributed by atoms with Gasteiger partial charge >= 0.3 is 0 Å². The van der Waals surface area contributed by atoms with Crippen molar-refractivity contribution in [3.05, 3.63) is 77.7 Å². The topological polar surface area (TPSA) is 64.3 Å². The molecule has 1 aliphatic heterocycles. The maximum absolute atomic E-state index is 5.74. The average molecular weight is 378 g/mol. The van der Waals surface area contributed by atoms with E-state index in [1.165, 1.54) is 24.0 Å². The molecule has 3 heterocycles. The number of benzene rings is 1. The Kier molecular flexibility index (Phi) is 6.42. The molecule has 1 aromatic carbocycles. The Balaban J connectivity index is 1.31. The summed E-state index contributed by atoms with van der Waals surface area (Å²) in [6.07, 6.45) is 7.79. The molecule has 1 saturated heterocycles. The number of nitrogens with zero attached hydrogens (tertiary/aromatic N) is 4. The zero-order valence-electron chi connectivity index (χ0n) is 16.0. The molecule has 0 bridgehead atoms. The summed E-state index contributed by atoms with van der Waals surface area (Å²) in [5, 5.41) is 4.17. The van der Waals surface area contributed by atoms with Gasteiger partial charge in [0.1, 0.15) is 0 Å². The van der Waals surface area contributed by atoms with Gasteiger partial charge in [0, 0.05) is 25.4 Å². The number of piperidine rings is 1. The second-order valence-corrected chi connectivity index (χ2v) is 7.17. The SMILES string of the molecule is c1ccc(COCCc2noc(C3CCCCN3Cc3ccncc3)n2)cc1. The fourth-order valence-electron chi connectivity index (χ4n) is 3.61. The summed E-state index contributed by atoms with van der Waals surface area (Å²) in [5.41, 5.74) is 2.43. The molecule has 1 aliphatic rings. The third kappa shape index (κ3) is 5.03. The quantitative estimate of drug-likeness (QED) is 0.553. The van der Waals surface area contributed by atoms with Crippen LogP contribution >= 0.6 is 0 Å². The van der Waals surface area contributed by atoms with Gasteiger partial charge < -0.3 is 9.26 Å². The van der Waals surface area contributed by atoms with Gasteiger partial charge in [0.05, 0.1) is 19.3 Å². The van der Waals surface area contributed by atoms with Gasteiger partial charge in [0.25, 0.3) is 0 Å². The van der Waals surface area contributed by atoms with E-state index in [0.717, 1.165) is 31.2 Å². The number of rotatable bonds is 8. The van der Waals surface area contributed by atoms with Crippen LogP contribution in [-0.2, 0) is 24.3 Å². The molecule has 2 aromatic heterocycles. The highest BCUT2D eigenvalue weighted by atomic mass is 16.5. The van der Waals surface area contributed by atoms with E-state index >= 15 is 0 Å². The van der Waals surface area contributed by atoms with Gasteiger partial charge in [-0.1, -0.05) is 41.9 Å². The largest absolute Gasteiger partial charge is 0.376 e. The van der Waals surface area contributed by atoms with Gasteiger partial charge in [-0.3, -0.25) is 9.88 Å². The van der Waals surface area contributed by atoms with E-state index < -0.39 is 0 Å². The molecule has 1 atom stereocenters. The van der Waals surface area contributed by atoms with Gasteiger partial charge in [-0.05, 0) is 42.6 Å². The van der Waals surface area contributed by atoms with Crippen molar-refractivity contribution < 1.29 is 9.26 Å². The van der Waals surface area contributed by atoms with Crippen LogP contribution in [0.2, 0.25) is 0 Å². The Morgan fingerprint density at radius 3 is 2.75 bits per heavy atom. The Hall–Kier alpha value is -2.57. The molecule has 28 heavy (non-hydrogen) atoms. The monoisotopic (exact) mass is 378 g/mol. The summed E-state index contributed by atoms with van der Waals surface area (Å²) < 4.78 is 11.4. The molecule has 1 fully saturated rings. The molecule has 0 saturated carbocycles. The summed E-state index contributed by atoms with van der Waals surface area (Å²) in [5.74, 6) is 1.45. The molecule has 0 amide bonds. The third-order valence-electron chi connectivity index (χ3n) is 5.10. The summed E-state index contributed by atoms with van der Waals surface area (Å²) >= 11 is 0. The van der Waals surface area contributed by atoms with Crippen molar-refractivity contribution in [2.45, 2.75) is 44.9 Å². The van der Waals surface area contributed by atoms with E-state index in [2.05, 4.69) is 44.3 Å². The predicted octanol–water partition coefficient (Wildman–Crippen LogP) is 3.95. The minimum Gasteiger partial charge on any atom is -0.376 e. The molecule has 0 radical (unpaired) electrons. The molecule has 6 heteroatoms. The first kappa shape index (κ1) is 18.8. The lowest BCUT2D eigenvalue weighted by atomic mass is 10.0. The normalized spacial score (nSPS) is 17.6. The average Bonchev–Trinajstić information content (AvgIpc) is 3.22. The molecular weight excluding hydrogens is 352 g/mol. The Morgan fingerprint density at radius 1 is 1.04 bits per heavy atom. The zero-order chi connectivity index (χ0) is 19.0. The van der Waals surface area contributed by atoms with Crippen molar-refractivity contribution in [1.82, 2.24) is 20.0 Å². The standard InChI is InChI=1S/C22H26N4O2/c1-2-6-19(7-3-1)17-27-15-11-21-24-22(28-25-21)20-8-4-5-14-26(20)16-18-9-12-23-13-10-18/h1-3,6-7,9-10,12-13,20H,4-5,8,11,14-17H2. The van der Waals surface area contributed by atoms with Crippen molar-refractivity contribution in [2.75, 3.05) is 13.2 Å². The summed E-state index contributed by atoms with van der Waals surface area (Å²) in [6.45, 7) is 3.11.